The molecule has 0 aliphatic heterocycles. The first kappa shape index (κ1) is 18.5. The third kappa shape index (κ3) is 4.67. The molecule has 1 atom stereocenters. The second-order valence-electron chi connectivity index (χ2n) is 5.45. The second kappa shape index (κ2) is 8.41. The van der Waals surface area contributed by atoms with Crippen molar-refractivity contribution >= 4 is 50.9 Å². The van der Waals surface area contributed by atoms with Crippen LogP contribution in [0.1, 0.15) is 17.3 Å². The largest absolute Gasteiger partial charge is 0.449 e. The van der Waals surface area contributed by atoms with Gasteiger partial charge in [-0.2, -0.15) is 0 Å². The molecular formula is C19H15IN2O3S. The van der Waals surface area contributed by atoms with Crippen molar-refractivity contribution in [3.8, 4) is 11.3 Å². The van der Waals surface area contributed by atoms with Gasteiger partial charge in [-0.15, -0.1) is 11.3 Å². The Labute approximate surface area is 168 Å². The maximum absolute atomic E-state index is 12.3. The average Bonchev–Trinajstić information content (AvgIpc) is 3.11. The van der Waals surface area contributed by atoms with E-state index < -0.39 is 18.0 Å². The molecule has 1 aromatic heterocycles. The zero-order chi connectivity index (χ0) is 18.5. The first-order valence-electron chi connectivity index (χ1n) is 7.81. The van der Waals surface area contributed by atoms with Gasteiger partial charge in [0.25, 0.3) is 5.91 Å². The van der Waals surface area contributed by atoms with Crippen LogP contribution in [0.15, 0.2) is 60.0 Å². The molecule has 0 radical (unpaired) electrons. The van der Waals surface area contributed by atoms with E-state index in [9.17, 15) is 9.59 Å². The van der Waals surface area contributed by atoms with Crippen LogP contribution in [0.2, 0.25) is 0 Å². The Morgan fingerprint density at radius 3 is 2.65 bits per heavy atom. The van der Waals surface area contributed by atoms with Crippen LogP contribution in [0.3, 0.4) is 0 Å². The number of carbonyl (C=O) groups excluding carboxylic acids is 2. The second-order valence-corrected chi connectivity index (χ2v) is 7.55. The highest BCUT2D eigenvalue weighted by Crippen LogP contribution is 2.24. The minimum atomic E-state index is -0.926. The molecule has 3 aromatic rings. The van der Waals surface area contributed by atoms with Crippen LogP contribution in [0.5, 0.6) is 0 Å². The van der Waals surface area contributed by atoms with Gasteiger partial charge >= 0.3 is 5.97 Å². The molecule has 5 nitrogen and oxygen atoms in total. The van der Waals surface area contributed by atoms with E-state index in [0.29, 0.717) is 10.7 Å². The smallest absolute Gasteiger partial charge is 0.338 e. The molecule has 2 aromatic carbocycles. The van der Waals surface area contributed by atoms with Gasteiger partial charge in [0.2, 0.25) is 0 Å². The fourth-order valence-electron chi connectivity index (χ4n) is 2.18. The van der Waals surface area contributed by atoms with Crippen LogP contribution >= 0.6 is 33.9 Å². The quantitative estimate of drug-likeness (QED) is 0.430. The highest BCUT2D eigenvalue weighted by molar-refractivity contribution is 14.1. The topological polar surface area (TPSA) is 68.3 Å². The van der Waals surface area contributed by atoms with Gasteiger partial charge in [0.05, 0.1) is 11.3 Å². The van der Waals surface area contributed by atoms with Gasteiger partial charge in [-0.3, -0.25) is 10.1 Å². The standard InChI is InChI=1S/C19H15IN2O3S/c1-12(25-18(24)14-8-5-9-15(20)10-14)17(23)22-19-21-16(11-26-19)13-6-3-2-4-7-13/h2-12H,1H3,(H,21,22,23)/t12-/m0/s1. The summed E-state index contributed by atoms with van der Waals surface area (Å²) >= 11 is 3.44. The van der Waals surface area contributed by atoms with Crippen molar-refractivity contribution in [2.45, 2.75) is 13.0 Å². The lowest BCUT2D eigenvalue weighted by molar-refractivity contribution is -0.123. The number of aromatic nitrogens is 1. The molecule has 0 unspecified atom stereocenters. The molecular weight excluding hydrogens is 463 g/mol. The summed E-state index contributed by atoms with van der Waals surface area (Å²) in [4.78, 5) is 28.8. The summed E-state index contributed by atoms with van der Waals surface area (Å²) in [5, 5.41) is 5.02. The first-order valence-corrected chi connectivity index (χ1v) is 9.77. The Bertz CT molecular complexity index is 927. The predicted octanol–water partition coefficient (Wildman–Crippen LogP) is 4.60. The van der Waals surface area contributed by atoms with E-state index in [1.54, 1.807) is 18.2 Å². The molecule has 0 saturated carbocycles. The molecule has 0 aliphatic carbocycles. The summed E-state index contributed by atoms with van der Waals surface area (Å²) in [5.41, 5.74) is 2.17. The average molecular weight is 478 g/mol. The SMILES string of the molecule is C[C@H](OC(=O)c1cccc(I)c1)C(=O)Nc1nc(-c2ccccc2)cs1. The number of amides is 1. The van der Waals surface area contributed by atoms with Crippen molar-refractivity contribution < 1.29 is 14.3 Å². The number of ether oxygens (including phenoxy) is 1. The number of esters is 1. The van der Waals surface area contributed by atoms with E-state index in [1.807, 2.05) is 41.8 Å². The Morgan fingerprint density at radius 1 is 1.15 bits per heavy atom. The third-order valence-corrected chi connectivity index (χ3v) is 4.95. The molecule has 0 bridgehead atoms. The van der Waals surface area contributed by atoms with Gasteiger partial charge in [0, 0.05) is 14.5 Å². The number of nitrogens with zero attached hydrogens (tertiary/aromatic N) is 1. The Kier molecular flexibility index (Phi) is 6.00. The summed E-state index contributed by atoms with van der Waals surface area (Å²) < 4.78 is 6.16. The molecule has 7 heteroatoms. The number of carbonyl (C=O) groups is 2. The maximum Gasteiger partial charge on any atom is 0.338 e. The van der Waals surface area contributed by atoms with Gasteiger partial charge in [0.15, 0.2) is 11.2 Å². The molecule has 0 saturated heterocycles. The highest BCUT2D eigenvalue weighted by atomic mass is 127. The molecule has 132 valence electrons. The van der Waals surface area contributed by atoms with Crippen LogP contribution in [0.25, 0.3) is 11.3 Å². The van der Waals surface area contributed by atoms with Crippen molar-refractivity contribution in [3.63, 3.8) is 0 Å². The van der Waals surface area contributed by atoms with Crippen LogP contribution in [0, 0.1) is 3.57 Å². The molecule has 1 heterocycles. The highest BCUT2D eigenvalue weighted by Gasteiger charge is 2.20. The summed E-state index contributed by atoms with van der Waals surface area (Å²) in [6.07, 6.45) is -0.926. The maximum atomic E-state index is 12.3. The van der Waals surface area contributed by atoms with E-state index in [0.717, 1.165) is 14.8 Å². The number of rotatable bonds is 5. The zero-order valence-electron chi connectivity index (χ0n) is 13.8. The molecule has 1 N–H and O–H groups in total. The van der Waals surface area contributed by atoms with Gasteiger partial charge in [-0.05, 0) is 47.7 Å². The van der Waals surface area contributed by atoms with Crippen molar-refractivity contribution in [1.29, 1.82) is 0 Å². The van der Waals surface area contributed by atoms with E-state index in [-0.39, 0.29) is 0 Å². The van der Waals surface area contributed by atoms with Crippen molar-refractivity contribution in [3.05, 3.63) is 69.1 Å². The number of halogens is 1. The number of thiazole rings is 1. The lowest BCUT2D eigenvalue weighted by Gasteiger charge is -2.12. The van der Waals surface area contributed by atoms with Crippen molar-refractivity contribution in [1.82, 2.24) is 4.98 Å². The predicted molar refractivity (Wildman–Crippen MR) is 110 cm³/mol. The third-order valence-electron chi connectivity index (χ3n) is 3.52. The molecule has 26 heavy (non-hydrogen) atoms. The fraction of sp³-hybridized carbons (Fsp3) is 0.105. The Hall–Kier alpha value is -2.26. The Morgan fingerprint density at radius 2 is 1.92 bits per heavy atom. The number of benzene rings is 2. The molecule has 0 aliphatic rings. The van der Waals surface area contributed by atoms with Crippen molar-refractivity contribution in [2.24, 2.45) is 0 Å². The zero-order valence-corrected chi connectivity index (χ0v) is 16.8. The molecule has 0 fully saturated rings. The van der Waals surface area contributed by atoms with Gasteiger partial charge < -0.3 is 4.74 Å². The van der Waals surface area contributed by atoms with Crippen LogP contribution in [0.4, 0.5) is 5.13 Å². The first-order chi connectivity index (χ1) is 12.5. The normalized spacial score (nSPS) is 11.6. The minimum absolute atomic E-state index is 0.414. The lowest BCUT2D eigenvalue weighted by Crippen LogP contribution is -2.30. The monoisotopic (exact) mass is 478 g/mol. The van der Waals surface area contributed by atoms with Gasteiger partial charge in [-0.1, -0.05) is 36.4 Å². The van der Waals surface area contributed by atoms with Crippen LogP contribution in [-0.4, -0.2) is 23.0 Å². The number of nitrogens with one attached hydrogen (secondary N) is 1. The van der Waals surface area contributed by atoms with Crippen molar-refractivity contribution in [2.75, 3.05) is 5.32 Å². The van der Waals surface area contributed by atoms with E-state index >= 15 is 0 Å². The summed E-state index contributed by atoms with van der Waals surface area (Å²) in [6, 6.07) is 16.7. The van der Waals surface area contributed by atoms with Gasteiger partial charge in [0.1, 0.15) is 0 Å². The van der Waals surface area contributed by atoms with Crippen LogP contribution in [-0.2, 0) is 9.53 Å². The van der Waals surface area contributed by atoms with E-state index in [4.69, 9.17) is 4.74 Å². The number of hydrogen-bond acceptors (Lipinski definition) is 5. The molecule has 0 spiro atoms. The lowest BCUT2D eigenvalue weighted by atomic mass is 10.2. The molecule has 1 amide bonds. The summed E-state index contributed by atoms with van der Waals surface area (Å²) in [7, 11) is 0. The summed E-state index contributed by atoms with van der Waals surface area (Å²) in [6.45, 7) is 1.53. The number of anilines is 1. The fourth-order valence-corrected chi connectivity index (χ4v) is 3.44. The Balaban J connectivity index is 1.61. The summed E-state index contributed by atoms with van der Waals surface area (Å²) in [5.74, 6) is -0.951. The van der Waals surface area contributed by atoms with E-state index in [2.05, 4.69) is 32.9 Å². The van der Waals surface area contributed by atoms with Crippen LogP contribution < -0.4 is 5.32 Å². The number of hydrogen-bond donors (Lipinski definition) is 1. The molecule has 3 rings (SSSR count). The van der Waals surface area contributed by atoms with Gasteiger partial charge in [-0.25, -0.2) is 9.78 Å². The minimum Gasteiger partial charge on any atom is -0.449 e. The van der Waals surface area contributed by atoms with E-state index in [1.165, 1.54) is 18.3 Å².